The molecule has 0 saturated heterocycles. The first-order valence-corrected chi connectivity index (χ1v) is 12.5. The molecule has 36 heavy (non-hydrogen) atoms. The van der Waals surface area contributed by atoms with Gasteiger partial charge in [0, 0.05) is 24.1 Å². The van der Waals surface area contributed by atoms with Crippen LogP contribution in [0.25, 0.3) is 0 Å². The van der Waals surface area contributed by atoms with Crippen molar-refractivity contribution in [1.29, 1.82) is 0 Å². The lowest BCUT2D eigenvalue weighted by atomic mass is 9.74. The summed E-state index contributed by atoms with van der Waals surface area (Å²) in [6.45, 7) is 8.24. The first-order valence-electron chi connectivity index (χ1n) is 12.1. The monoisotopic (exact) mass is 524 g/mol. The highest BCUT2D eigenvalue weighted by atomic mass is 35.5. The number of nitrogens with one attached hydrogen (secondary N) is 1. The van der Waals surface area contributed by atoms with Crippen LogP contribution >= 0.6 is 11.6 Å². The average Bonchev–Trinajstić information content (AvgIpc) is 2.77. The maximum atomic E-state index is 13.1. The van der Waals surface area contributed by atoms with Gasteiger partial charge in [-0.05, 0) is 58.4 Å². The van der Waals surface area contributed by atoms with E-state index in [1.165, 1.54) is 11.9 Å². The van der Waals surface area contributed by atoms with Crippen molar-refractivity contribution in [3.63, 3.8) is 0 Å². The molecule has 0 aromatic heterocycles. The molecule has 1 saturated carbocycles. The Morgan fingerprint density at radius 2 is 1.81 bits per heavy atom. The molecule has 0 radical (unpaired) electrons. The number of amides is 2. The van der Waals surface area contributed by atoms with E-state index in [1.807, 2.05) is 13.8 Å². The van der Waals surface area contributed by atoms with Gasteiger partial charge in [-0.25, -0.2) is 14.4 Å². The van der Waals surface area contributed by atoms with Gasteiger partial charge >= 0.3 is 18.2 Å². The zero-order chi connectivity index (χ0) is 27.1. The molecule has 0 bridgehead atoms. The summed E-state index contributed by atoms with van der Waals surface area (Å²) in [5, 5.41) is 2.89. The number of benzene rings is 1. The summed E-state index contributed by atoms with van der Waals surface area (Å²) in [6, 6.07) is 5.94. The van der Waals surface area contributed by atoms with Crippen LogP contribution in [-0.2, 0) is 29.3 Å². The highest BCUT2D eigenvalue weighted by Gasteiger charge is 2.48. The smallest absolute Gasteiger partial charge is 0.413 e. The normalized spacial score (nSPS) is 18.8. The quantitative estimate of drug-likeness (QED) is 0.368. The number of esters is 1. The number of likely N-dealkylation sites (N-methyl/N-ethyl adjacent to an activating group) is 1. The third kappa shape index (κ3) is 7.59. The Labute approximate surface area is 217 Å². The van der Waals surface area contributed by atoms with E-state index in [4.69, 9.17) is 25.8 Å². The number of halogens is 1. The number of alkyl carbamates (subject to hydrolysis) is 1. The zero-order valence-corrected chi connectivity index (χ0v) is 22.6. The predicted molar refractivity (Wildman–Crippen MR) is 134 cm³/mol. The van der Waals surface area contributed by atoms with E-state index in [0.717, 1.165) is 12.8 Å². The van der Waals surface area contributed by atoms with Gasteiger partial charge in [0.1, 0.15) is 17.2 Å². The fourth-order valence-electron chi connectivity index (χ4n) is 4.26. The van der Waals surface area contributed by atoms with E-state index in [2.05, 4.69) is 5.32 Å². The Balaban J connectivity index is 2.08. The molecule has 9 nitrogen and oxygen atoms in total. The molecule has 1 N–H and O–H groups in total. The van der Waals surface area contributed by atoms with Gasteiger partial charge in [0.25, 0.3) is 0 Å². The van der Waals surface area contributed by atoms with Crippen molar-refractivity contribution in [2.24, 2.45) is 5.92 Å². The van der Waals surface area contributed by atoms with E-state index in [0.29, 0.717) is 29.8 Å². The zero-order valence-electron chi connectivity index (χ0n) is 21.9. The van der Waals surface area contributed by atoms with Gasteiger partial charge in [-0.15, -0.1) is 0 Å². The summed E-state index contributed by atoms with van der Waals surface area (Å²) in [4.78, 5) is 52.1. The third-order valence-corrected chi connectivity index (χ3v) is 6.22. The van der Waals surface area contributed by atoms with Crippen molar-refractivity contribution >= 4 is 35.5 Å². The van der Waals surface area contributed by atoms with Crippen molar-refractivity contribution < 1.29 is 33.4 Å². The molecule has 2 amide bonds. The maximum Gasteiger partial charge on any atom is 0.413 e. The van der Waals surface area contributed by atoms with Crippen molar-refractivity contribution in [2.45, 2.75) is 83.9 Å². The van der Waals surface area contributed by atoms with Gasteiger partial charge in [-0.2, -0.15) is 0 Å². The maximum absolute atomic E-state index is 13.1. The van der Waals surface area contributed by atoms with Crippen molar-refractivity contribution in [2.75, 3.05) is 13.8 Å². The molecule has 0 spiro atoms. The van der Waals surface area contributed by atoms with E-state index in [-0.39, 0.29) is 11.7 Å². The third-order valence-electron chi connectivity index (χ3n) is 5.89. The number of carbonyl (C=O) groups is 4. The van der Waals surface area contributed by atoms with Crippen molar-refractivity contribution in [1.82, 2.24) is 10.2 Å². The van der Waals surface area contributed by atoms with Crippen molar-refractivity contribution in [3.05, 3.63) is 34.9 Å². The number of ether oxygens (including phenoxy) is 3. The Morgan fingerprint density at radius 3 is 2.39 bits per heavy atom. The summed E-state index contributed by atoms with van der Waals surface area (Å²) < 4.78 is 15.6. The van der Waals surface area contributed by atoms with Gasteiger partial charge in [-0.3, -0.25) is 9.69 Å². The average molecular weight is 525 g/mol. The Kier molecular flexibility index (Phi) is 10.2. The minimum atomic E-state index is -1.27. The number of ketones is 1. The van der Waals surface area contributed by atoms with Crippen LogP contribution in [0.4, 0.5) is 9.59 Å². The Hall–Kier alpha value is -2.81. The minimum Gasteiger partial charge on any atom is -0.444 e. The van der Waals surface area contributed by atoms with Gasteiger partial charge in [0.05, 0.1) is 0 Å². The number of carbonyl (C=O) groups excluding carboxylic acids is 4. The van der Waals surface area contributed by atoms with Crippen LogP contribution in [0, 0.1) is 5.92 Å². The summed E-state index contributed by atoms with van der Waals surface area (Å²) in [5.74, 6) is -0.824. The second kappa shape index (κ2) is 12.4. The molecule has 1 aliphatic carbocycles. The Bertz CT molecular complexity index is 960. The molecule has 1 aliphatic rings. The number of hydrogen-bond donors (Lipinski definition) is 1. The van der Waals surface area contributed by atoms with E-state index >= 15 is 0 Å². The lowest BCUT2D eigenvalue weighted by Gasteiger charge is -2.43. The van der Waals surface area contributed by atoms with Crippen LogP contribution in [-0.4, -0.2) is 54.3 Å². The molecule has 10 heteroatoms. The molecule has 1 fully saturated rings. The first kappa shape index (κ1) is 29.4. The molecular weight excluding hydrogens is 488 g/mol. The molecule has 0 aliphatic heterocycles. The van der Waals surface area contributed by atoms with Gasteiger partial charge in [0.2, 0.25) is 6.79 Å². The van der Waals surface area contributed by atoms with Crippen LogP contribution in [0.1, 0.15) is 72.3 Å². The number of hydrogen-bond acceptors (Lipinski definition) is 7. The van der Waals surface area contributed by atoms with E-state index in [9.17, 15) is 19.2 Å². The second-order valence-corrected chi connectivity index (χ2v) is 10.8. The van der Waals surface area contributed by atoms with Gasteiger partial charge in [-0.1, -0.05) is 43.6 Å². The summed E-state index contributed by atoms with van der Waals surface area (Å²) in [5.41, 5.74) is -1.47. The highest BCUT2D eigenvalue weighted by molar-refractivity contribution is 6.31. The lowest BCUT2D eigenvalue weighted by molar-refractivity contribution is -0.156. The fraction of sp³-hybridized carbons (Fsp3) is 0.615. The van der Waals surface area contributed by atoms with Crippen LogP contribution in [0.2, 0.25) is 5.02 Å². The first-order chi connectivity index (χ1) is 16.8. The lowest BCUT2D eigenvalue weighted by Crippen LogP contribution is -2.54. The molecule has 0 unspecified atom stereocenters. The van der Waals surface area contributed by atoms with Crippen LogP contribution in [0.5, 0.6) is 0 Å². The number of nitrogens with zero attached hydrogens (tertiary/aromatic N) is 1. The predicted octanol–water partition coefficient (Wildman–Crippen LogP) is 5.19. The molecule has 2 rings (SSSR count). The SMILES string of the molecule is CC(C)C[C@H](NC(=O)OC(C)(C)C)C(=O)OCOC(=O)N(C)[C@]1(c2ccccc2Cl)CCCCC1=O. The van der Waals surface area contributed by atoms with Crippen LogP contribution in [0.3, 0.4) is 0 Å². The number of rotatable bonds is 8. The van der Waals surface area contributed by atoms with Gasteiger partial charge < -0.3 is 19.5 Å². The second-order valence-electron chi connectivity index (χ2n) is 10.3. The molecular formula is C26H37ClN2O7. The van der Waals surface area contributed by atoms with Crippen molar-refractivity contribution in [3.8, 4) is 0 Å². The van der Waals surface area contributed by atoms with E-state index in [1.54, 1.807) is 45.0 Å². The standard InChI is InChI=1S/C26H37ClN2O7/c1-17(2)15-20(28-23(32)36-25(3,4)5)22(31)34-16-35-24(33)29(6)26(14-10-9-13-21(26)30)18-11-7-8-12-19(18)27/h7-8,11-12,17,20H,9-10,13-16H2,1-6H3,(H,28,32)/t20-,26-/m0/s1. The molecule has 2 atom stereocenters. The molecule has 0 heterocycles. The van der Waals surface area contributed by atoms with Crippen LogP contribution in [0.15, 0.2) is 24.3 Å². The summed E-state index contributed by atoms with van der Waals surface area (Å²) >= 11 is 6.42. The Morgan fingerprint density at radius 1 is 1.14 bits per heavy atom. The highest BCUT2D eigenvalue weighted by Crippen LogP contribution is 2.42. The number of Topliss-reactive ketones (excluding diaryl/α,β-unsaturated/α-hetero) is 1. The van der Waals surface area contributed by atoms with Gasteiger partial charge in [0.15, 0.2) is 5.78 Å². The fourth-order valence-corrected chi connectivity index (χ4v) is 4.55. The molecule has 200 valence electrons. The summed E-state index contributed by atoms with van der Waals surface area (Å²) in [6.07, 6.45) is 0.889. The molecule has 1 aromatic rings. The summed E-state index contributed by atoms with van der Waals surface area (Å²) in [7, 11) is 1.47. The van der Waals surface area contributed by atoms with E-state index < -0.39 is 42.1 Å². The largest absolute Gasteiger partial charge is 0.444 e. The molecule has 1 aromatic carbocycles. The minimum absolute atomic E-state index is 0.0685. The van der Waals surface area contributed by atoms with Crippen LogP contribution < -0.4 is 5.32 Å². The topological polar surface area (TPSA) is 111 Å².